The summed E-state index contributed by atoms with van der Waals surface area (Å²) in [4.78, 5) is 0. The van der Waals surface area contributed by atoms with E-state index < -0.39 is 0 Å². The van der Waals surface area contributed by atoms with Crippen molar-refractivity contribution in [1.82, 2.24) is 0 Å². The van der Waals surface area contributed by atoms with Gasteiger partial charge in [0.15, 0.2) is 0 Å². The molecule has 1 rings (SSSR count). The van der Waals surface area contributed by atoms with Crippen LogP contribution in [-0.4, -0.2) is 18.5 Å². The molecule has 0 unspecified atom stereocenters. The Labute approximate surface area is 151 Å². The highest BCUT2D eigenvalue weighted by Gasteiger charge is 2.11. The highest BCUT2D eigenvalue weighted by molar-refractivity contribution is 9.09. The van der Waals surface area contributed by atoms with Gasteiger partial charge in [0.25, 0.3) is 0 Å². The van der Waals surface area contributed by atoms with Crippen LogP contribution in [0.5, 0.6) is 11.5 Å². The van der Waals surface area contributed by atoms with Crippen LogP contribution in [0.2, 0.25) is 0 Å². The minimum absolute atomic E-state index is 0.221. The van der Waals surface area contributed by atoms with E-state index in [4.69, 9.17) is 32.7 Å². The lowest BCUT2D eigenvalue weighted by molar-refractivity contribution is 0.302. The van der Waals surface area contributed by atoms with Crippen molar-refractivity contribution in [2.75, 3.05) is 18.5 Å². The van der Waals surface area contributed by atoms with Gasteiger partial charge in [-0.15, -0.1) is 0 Å². The summed E-state index contributed by atoms with van der Waals surface area (Å²) in [5.74, 6) is 1.84. The fourth-order valence-electron chi connectivity index (χ4n) is 2.09. The average Bonchev–Trinajstić information content (AvgIpc) is 2.51. The quantitative estimate of drug-likeness (QED) is 0.345. The van der Waals surface area contributed by atoms with E-state index >= 15 is 0 Å². The van der Waals surface area contributed by atoms with Crippen LogP contribution in [0.1, 0.15) is 37.8 Å². The molecule has 0 aromatic heterocycles. The molecule has 0 aliphatic rings. The summed E-state index contributed by atoms with van der Waals surface area (Å²) in [7, 11) is 0. The summed E-state index contributed by atoms with van der Waals surface area (Å²) in [6.07, 6.45) is 5.61. The molecule has 22 heavy (non-hydrogen) atoms. The number of rotatable bonds is 10. The minimum atomic E-state index is 0.221. The molecule has 0 atom stereocenters. The molecule has 0 spiro atoms. The summed E-state index contributed by atoms with van der Waals surface area (Å²) < 4.78 is 11.9. The highest BCUT2D eigenvalue weighted by Crippen LogP contribution is 2.31. The van der Waals surface area contributed by atoms with Crippen molar-refractivity contribution >= 4 is 39.1 Å². The van der Waals surface area contributed by atoms with Crippen LogP contribution in [-0.2, 0) is 12.8 Å². The zero-order valence-corrected chi connectivity index (χ0v) is 16.2. The summed E-state index contributed by atoms with van der Waals surface area (Å²) >= 11 is 14.6. The van der Waals surface area contributed by atoms with Gasteiger partial charge in [-0.2, -0.15) is 0 Å². The lowest BCUT2D eigenvalue weighted by Crippen LogP contribution is -2.05. The molecular formula is C17H23BrCl2O2. The molecule has 0 aliphatic heterocycles. The molecule has 0 amide bonds. The molecule has 0 bridgehead atoms. The van der Waals surface area contributed by atoms with Crippen LogP contribution >= 0.6 is 39.1 Å². The number of ether oxygens (including phenoxy) is 2. The predicted octanol–water partition coefficient (Wildman–Crippen LogP) is 6.06. The molecule has 0 saturated heterocycles. The fourth-order valence-corrected chi connectivity index (χ4v) is 2.61. The maximum Gasteiger partial charge on any atom is 0.125 e. The van der Waals surface area contributed by atoms with Crippen molar-refractivity contribution in [3.63, 3.8) is 0 Å². The molecule has 124 valence electrons. The van der Waals surface area contributed by atoms with Crippen molar-refractivity contribution in [3.05, 3.63) is 33.8 Å². The van der Waals surface area contributed by atoms with Gasteiger partial charge in [0.05, 0.1) is 6.61 Å². The molecule has 1 aromatic carbocycles. The number of hydrogen-bond acceptors (Lipinski definition) is 2. The van der Waals surface area contributed by atoms with Gasteiger partial charge in [0, 0.05) is 5.33 Å². The fraction of sp³-hybridized carbons (Fsp3) is 0.529. The van der Waals surface area contributed by atoms with Crippen LogP contribution in [0, 0.1) is 0 Å². The Morgan fingerprint density at radius 1 is 1.09 bits per heavy atom. The minimum Gasteiger partial charge on any atom is -0.493 e. The Bertz CT molecular complexity index is 461. The molecule has 5 heteroatoms. The molecule has 0 aliphatic carbocycles. The molecule has 0 heterocycles. The summed E-state index contributed by atoms with van der Waals surface area (Å²) in [6, 6.07) is 4.07. The molecule has 1 aromatic rings. The lowest BCUT2D eigenvalue weighted by Gasteiger charge is -2.17. The maximum atomic E-state index is 6.02. The first-order chi connectivity index (χ1) is 10.6. The molecule has 2 nitrogen and oxygen atoms in total. The van der Waals surface area contributed by atoms with Gasteiger partial charge in [-0.1, -0.05) is 53.0 Å². The normalized spacial score (nSPS) is 10.4. The average molecular weight is 410 g/mol. The van der Waals surface area contributed by atoms with Gasteiger partial charge in [0.2, 0.25) is 0 Å². The number of benzene rings is 1. The standard InChI is InChI=1S/C17H23BrCl2O2/c1-3-13-11-15(21-10-7-16(19)20)12-14(4-2)17(13)22-9-6-5-8-18/h7,11-12H,3-6,8-10H2,1-2H3. The van der Waals surface area contributed by atoms with Gasteiger partial charge in [0.1, 0.15) is 22.6 Å². The molecule has 0 N–H and O–H groups in total. The number of hydrogen-bond donors (Lipinski definition) is 0. The monoisotopic (exact) mass is 408 g/mol. The molecule has 0 radical (unpaired) electrons. The van der Waals surface area contributed by atoms with Crippen molar-refractivity contribution in [1.29, 1.82) is 0 Å². The summed E-state index contributed by atoms with van der Waals surface area (Å²) in [6.45, 7) is 5.36. The first-order valence-corrected chi connectivity index (χ1v) is 9.48. The third kappa shape index (κ3) is 6.80. The van der Waals surface area contributed by atoms with E-state index in [1.165, 1.54) is 11.1 Å². The van der Waals surface area contributed by atoms with Gasteiger partial charge >= 0.3 is 0 Å². The van der Waals surface area contributed by atoms with Crippen LogP contribution < -0.4 is 9.47 Å². The Kier molecular flexibility index (Phi) is 10.0. The molecule has 0 fully saturated rings. The van der Waals surface area contributed by atoms with E-state index in [2.05, 4.69) is 29.8 Å². The molecule has 0 saturated carbocycles. The van der Waals surface area contributed by atoms with E-state index in [1.807, 2.05) is 12.1 Å². The van der Waals surface area contributed by atoms with Crippen molar-refractivity contribution in [3.8, 4) is 11.5 Å². The third-order valence-corrected chi connectivity index (χ3v) is 4.11. The van der Waals surface area contributed by atoms with Crippen LogP contribution in [0.15, 0.2) is 22.7 Å². The Morgan fingerprint density at radius 2 is 1.73 bits per heavy atom. The van der Waals surface area contributed by atoms with Crippen molar-refractivity contribution in [2.45, 2.75) is 39.5 Å². The van der Waals surface area contributed by atoms with Crippen LogP contribution in [0.25, 0.3) is 0 Å². The van der Waals surface area contributed by atoms with E-state index in [0.717, 1.165) is 49.1 Å². The molecular weight excluding hydrogens is 387 g/mol. The smallest absolute Gasteiger partial charge is 0.125 e. The number of alkyl halides is 1. The summed E-state index contributed by atoms with van der Waals surface area (Å²) in [5, 5.41) is 1.01. The predicted molar refractivity (Wildman–Crippen MR) is 99.0 cm³/mol. The topological polar surface area (TPSA) is 18.5 Å². The Hall–Kier alpha value is -0.380. The van der Waals surface area contributed by atoms with E-state index in [-0.39, 0.29) is 4.49 Å². The van der Waals surface area contributed by atoms with Crippen LogP contribution in [0.3, 0.4) is 0 Å². The Balaban J connectivity index is 2.85. The van der Waals surface area contributed by atoms with Crippen molar-refractivity contribution in [2.24, 2.45) is 0 Å². The largest absolute Gasteiger partial charge is 0.493 e. The maximum absolute atomic E-state index is 6.02. The Morgan fingerprint density at radius 3 is 2.23 bits per heavy atom. The third-order valence-electron chi connectivity index (χ3n) is 3.24. The second kappa shape index (κ2) is 11.2. The van der Waals surface area contributed by atoms with E-state index in [1.54, 1.807) is 6.08 Å². The highest BCUT2D eigenvalue weighted by atomic mass is 79.9. The number of halogens is 3. The second-order valence-electron chi connectivity index (χ2n) is 4.83. The SMILES string of the molecule is CCc1cc(OCC=C(Cl)Cl)cc(CC)c1OCCCCBr. The van der Waals surface area contributed by atoms with Gasteiger partial charge < -0.3 is 9.47 Å². The van der Waals surface area contributed by atoms with Crippen LogP contribution in [0.4, 0.5) is 0 Å². The van der Waals surface area contributed by atoms with Gasteiger partial charge in [-0.25, -0.2) is 0 Å². The van der Waals surface area contributed by atoms with Crippen molar-refractivity contribution < 1.29 is 9.47 Å². The summed E-state index contributed by atoms with van der Waals surface area (Å²) in [5.41, 5.74) is 2.35. The lowest BCUT2D eigenvalue weighted by atomic mass is 10.0. The zero-order chi connectivity index (χ0) is 16.4. The second-order valence-corrected chi connectivity index (χ2v) is 6.63. The number of unbranched alkanes of at least 4 members (excludes halogenated alkanes) is 1. The zero-order valence-electron chi connectivity index (χ0n) is 13.1. The van der Waals surface area contributed by atoms with E-state index in [9.17, 15) is 0 Å². The van der Waals surface area contributed by atoms with Gasteiger partial charge in [-0.3, -0.25) is 0 Å². The first kappa shape index (κ1) is 19.7. The number of aryl methyl sites for hydroxylation is 2. The van der Waals surface area contributed by atoms with E-state index in [0.29, 0.717) is 6.61 Å². The first-order valence-electron chi connectivity index (χ1n) is 7.60. The van der Waals surface area contributed by atoms with Gasteiger partial charge in [-0.05, 0) is 55.0 Å².